The molecule has 3 saturated heterocycles. The van der Waals surface area contributed by atoms with E-state index in [-0.39, 0.29) is 35.4 Å². The summed E-state index contributed by atoms with van der Waals surface area (Å²) in [5.74, 6) is -1.93. The topological polar surface area (TPSA) is 136 Å². The molecule has 0 bridgehead atoms. The molecule has 0 radical (unpaired) electrons. The number of aryl methyl sites for hydroxylation is 1. The third-order valence-electron chi connectivity index (χ3n) is 13.2. The van der Waals surface area contributed by atoms with E-state index in [2.05, 4.69) is 59.6 Å². The van der Waals surface area contributed by atoms with E-state index in [0.29, 0.717) is 35.3 Å². The van der Waals surface area contributed by atoms with Crippen LogP contribution in [0.1, 0.15) is 82.5 Å². The second-order valence-electron chi connectivity index (χ2n) is 16.8. The highest BCUT2D eigenvalue weighted by Gasteiger charge is 2.42. The lowest BCUT2D eigenvalue weighted by molar-refractivity contribution is -0.134. The van der Waals surface area contributed by atoms with Crippen LogP contribution in [0.15, 0.2) is 78.6 Å². The van der Waals surface area contributed by atoms with Crippen molar-refractivity contribution in [1.29, 1.82) is 0 Å². The molecule has 2 aromatic heterocycles. The number of halogens is 1. The van der Waals surface area contributed by atoms with Crippen LogP contribution in [0.2, 0.25) is 0 Å². The number of piperidine rings is 2. The second kappa shape index (κ2) is 16.6. The molecule has 2 N–H and O–H groups in total. The number of aromatic nitrogens is 3. The highest BCUT2D eigenvalue weighted by atomic mass is 32.1. The fourth-order valence-electron chi connectivity index (χ4n) is 9.98. The van der Waals surface area contributed by atoms with Gasteiger partial charge in [-0.3, -0.25) is 39.6 Å². The number of fused-ring (bicyclic) bond motifs is 2. The smallest absolute Gasteiger partial charge is 0.255 e. The quantitative estimate of drug-likeness (QED) is 0.169. The first-order valence-corrected chi connectivity index (χ1v) is 22.3. The summed E-state index contributed by atoms with van der Waals surface area (Å²) in [6, 6.07) is 19.2. The number of anilines is 2. The number of hydrogen-bond donors (Lipinski definition) is 2. The Morgan fingerprint density at radius 2 is 1.72 bits per heavy atom. The summed E-state index contributed by atoms with van der Waals surface area (Å²) in [4.78, 5) is 69.9. The summed E-state index contributed by atoms with van der Waals surface area (Å²) in [7, 11) is 0. The molecule has 61 heavy (non-hydrogen) atoms. The molecule has 10 rings (SSSR count). The van der Waals surface area contributed by atoms with Gasteiger partial charge in [-0.15, -0.1) is 11.3 Å². The van der Waals surface area contributed by atoms with Gasteiger partial charge in [0, 0.05) is 98.9 Å². The van der Waals surface area contributed by atoms with Crippen LogP contribution in [-0.4, -0.2) is 98.2 Å². The summed E-state index contributed by atoms with van der Waals surface area (Å²) in [5, 5.41) is 7.53. The van der Waals surface area contributed by atoms with Gasteiger partial charge in [0.2, 0.25) is 11.8 Å². The maximum absolute atomic E-state index is 16.0. The van der Waals surface area contributed by atoms with Crippen molar-refractivity contribution < 1.29 is 23.6 Å². The first-order chi connectivity index (χ1) is 29.8. The molecule has 3 fully saturated rings. The lowest BCUT2D eigenvalue weighted by Crippen LogP contribution is -2.53. The predicted octanol–water partition coefficient (Wildman–Crippen LogP) is 5.73. The molecular formula is C46H48FN9O4S. The molecule has 0 aliphatic carbocycles. The lowest BCUT2D eigenvalue weighted by Gasteiger charge is -2.43. The van der Waals surface area contributed by atoms with Gasteiger partial charge in [0.1, 0.15) is 5.82 Å². The molecule has 13 nitrogen and oxygen atoms in total. The maximum atomic E-state index is 16.0. The highest BCUT2D eigenvalue weighted by Crippen LogP contribution is 2.38. The zero-order chi connectivity index (χ0) is 41.6. The Kier molecular flexibility index (Phi) is 10.7. The van der Waals surface area contributed by atoms with Gasteiger partial charge in [0.05, 0.1) is 24.5 Å². The number of imidazole rings is 1. The van der Waals surface area contributed by atoms with Gasteiger partial charge >= 0.3 is 0 Å². The molecule has 2 atom stereocenters. The van der Waals surface area contributed by atoms with Crippen molar-refractivity contribution >= 4 is 45.8 Å². The summed E-state index contributed by atoms with van der Waals surface area (Å²) >= 11 is 1.29. The van der Waals surface area contributed by atoms with Crippen LogP contribution in [0, 0.1) is 5.82 Å². The van der Waals surface area contributed by atoms with Gasteiger partial charge < -0.3 is 14.4 Å². The van der Waals surface area contributed by atoms with Gasteiger partial charge in [-0.1, -0.05) is 36.4 Å². The normalized spacial score (nSPS) is 20.5. The minimum atomic E-state index is -1.03. The minimum Gasteiger partial charge on any atom is -0.371 e. The van der Waals surface area contributed by atoms with E-state index in [4.69, 9.17) is 0 Å². The Bertz CT molecular complexity index is 2470. The SMILES string of the molecule is O=C1CCC(c2cccc(CN3CCN(C4CCN(c5ccc(-c6cc(F)c7c(c6)C(=O)N(C(C(=O)Nc6nccs6)c6ncn8c6CCC8)C7)cc5)CC4)CC3)c2)C(=O)N1. The molecule has 15 heteroatoms. The predicted molar refractivity (Wildman–Crippen MR) is 229 cm³/mol. The average molecular weight is 842 g/mol. The first kappa shape index (κ1) is 39.4. The van der Waals surface area contributed by atoms with E-state index in [1.54, 1.807) is 24.0 Å². The van der Waals surface area contributed by atoms with Gasteiger partial charge in [-0.2, -0.15) is 0 Å². The third-order valence-corrected chi connectivity index (χ3v) is 13.9. The van der Waals surface area contributed by atoms with Crippen LogP contribution < -0.4 is 15.5 Å². The van der Waals surface area contributed by atoms with E-state index < -0.39 is 23.7 Å². The zero-order valence-electron chi connectivity index (χ0n) is 33.9. The number of piperazine rings is 1. The number of carbonyl (C=O) groups is 4. The van der Waals surface area contributed by atoms with Crippen LogP contribution in [0.25, 0.3) is 11.1 Å². The van der Waals surface area contributed by atoms with E-state index in [1.807, 2.05) is 28.8 Å². The van der Waals surface area contributed by atoms with Crippen molar-refractivity contribution in [1.82, 2.24) is 34.6 Å². The van der Waals surface area contributed by atoms with E-state index in [0.717, 1.165) is 101 Å². The number of thiazole rings is 1. The van der Waals surface area contributed by atoms with Crippen LogP contribution in [0.3, 0.4) is 0 Å². The van der Waals surface area contributed by atoms with Crippen molar-refractivity contribution in [2.24, 2.45) is 0 Å². The molecule has 5 aliphatic heterocycles. The van der Waals surface area contributed by atoms with Crippen molar-refractivity contribution in [2.45, 2.75) is 76.2 Å². The largest absolute Gasteiger partial charge is 0.371 e. The number of nitrogens with one attached hydrogen (secondary N) is 2. The number of amides is 4. The Hall–Kier alpha value is -5.77. The van der Waals surface area contributed by atoms with E-state index in [9.17, 15) is 19.2 Å². The van der Waals surface area contributed by atoms with Crippen LogP contribution >= 0.6 is 11.3 Å². The van der Waals surface area contributed by atoms with Crippen molar-refractivity contribution in [2.75, 3.05) is 49.5 Å². The molecule has 314 valence electrons. The Labute approximate surface area is 357 Å². The number of nitrogens with zero attached hydrogens (tertiary/aromatic N) is 7. The van der Waals surface area contributed by atoms with Gasteiger partial charge in [0.15, 0.2) is 11.2 Å². The number of hydrogen-bond acceptors (Lipinski definition) is 10. The Balaban J connectivity index is 0.752. The highest BCUT2D eigenvalue weighted by molar-refractivity contribution is 7.13. The van der Waals surface area contributed by atoms with Gasteiger partial charge in [0.25, 0.3) is 11.8 Å². The molecule has 5 aromatic rings. The molecular weight excluding hydrogens is 794 g/mol. The molecule has 3 aromatic carbocycles. The summed E-state index contributed by atoms with van der Waals surface area (Å²) in [6.45, 7) is 7.55. The maximum Gasteiger partial charge on any atom is 0.255 e. The Morgan fingerprint density at radius 3 is 2.49 bits per heavy atom. The molecule has 2 unspecified atom stereocenters. The fourth-order valence-corrected chi connectivity index (χ4v) is 10.5. The average Bonchev–Trinajstić information content (AvgIpc) is 4.10. The number of carbonyl (C=O) groups excluding carboxylic acids is 4. The summed E-state index contributed by atoms with van der Waals surface area (Å²) in [6.07, 6.45) is 8.12. The van der Waals surface area contributed by atoms with Gasteiger partial charge in [-0.05, 0) is 78.6 Å². The van der Waals surface area contributed by atoms with Gasteiger partial charge in [-0.25, -0.2) is 14.4 Å². The number of benzene rings is 3. The van der Waals surface area contributed by atoms with E-state index >= 15 is 4.39 Å². The van der Waals surface area contributed by atoms with Crippen molar-refractivity contribution in [3.63, 3.8) is 0 Å². The third kappa shape index (κ3) is 7.86. The minimum absolute atomic E-state index is 0.0320. The van der Waals surface area contributed by atoms with Crippen molar-refractivity contribution in [3.8, 4) is 11.1 Å². The van der Waals surface area contributed by atoms with Crippen LogP contribution in [0.5, 0.6) is 0 Å². The van der Waals surface area contributed by atoms with Crippen molar-refractivity contribution in [3.05, 3.63) is 118 Å². The van der Waals surface area contributed by atoms with Crippen LogP contribution in [-0.2, 0) is 40.4 Å². The summed E-state index contributed by atoms with van der Waals surface area (Å²) < 4.78 is 18.0. The molecule has 7 heterocycles. The molecule has 5 aliphatic rings. The molecule has 0 spiro atoms. The number of rotatable bonds is 10. The number of imide groups is 1. The standard InChI is InChI=1S/C46H48FN9O4S/c47-38-25-32(24-36-37(38)27-56(45(36)60)42(44(59)51-46-48-14-22-61-46)41-39-5-2-15-55(39)28-49-41)30-6-8-33(9-7-30)53-16-12-34(13-17-53)54-20-18-52(19-21-54)26-29-3-1-4-31(23-29)35-10-11-40(57)50-43(35)58/h1,3-4,6-9,14,22-25,28,34-35,42H,2,5,10-13,15-21,26-27H2,(H,48,51,59)(H,50,57,58). The molecule has 0 saturated carbocycles. The zero-order valence-corrected chi connectivity index (χ0v) is 34.7. The fraction of sp³-hybridized carbons (Fsp3) is 0.391. The lowest BCUT2D eigenvalue weighted by atomic mass is 9.89. The van der Waals surface area contributed by atoms with Crippen LogP contribution in [0.4, 0.5) is 15.2 Å². The summed E-state index contributed by atoms with van der Waals surface area (Å²) in [5.41, 5.74) is 6.74. The molecule has 4 amide bonds. The Morgan fingerprint density at radius 1 is 0.902 bits per heavy atom. The second-order valence-corrected chi connectivity index (χ2v) is 17.7. The van der Waals surface area contributed by atoms with E-state index in [1.165, 1.54) is 27.9 Å². The monoisotopic (exact) mass is 841 g/mol. The first-order valence-electron chi connectivity index (χ1n) is 21.4.